The topological polar surface area (TPSA) is 91.5 Å². The van der Waals surface area contributed by atoms with Gasteiger partial charge in [-0.2, -0.15) is 0 Å². The van der Waals surface area contributed by atoms with Crippen LogP contribution in [-0.2, 0) is 17.9 Å². The van der Waals surface area contributed by atoms with E-state index < -0.39 is 5.97 Å². The number of piperidine rings is 1. The summed E-state index contributed by atoms with van der Waals surface area (Å²) in [7, 11) is 0. The lowest BCUT2D eigenvalue weighted by molar-refractivity contribution is -0.133. The van der Waals surface area contributed by atoms with Crippen molar-refractivity contribution >= 4 is 17.7 Å². The zero-order valence-corrected chi connectivity index (χ0v) is 13.1. The van der Waals surface area contributed by atoms with Crippen molar-refractivity contribution in [3.63, 3.8) is 0 Å². The molecular formula is C13H22N4O3S. The van der Waals surface area contributed by atoms with E-state index in [2.05, 4.69) is 22.0 Å². The molecule has 2 N–H and O–H groups in total. The highest BCUT2D eigenvalue weighted by molar-refractivity contribution is 7.99. The van der Waals surface area contributed by atoms with Gasteiger partial charge in [0, 0.05) is 12.6 Å². The molecule has 2 rings (SSSR count). The largest absolute Gasteiger partial charge is 0.481 e. The first-order valence-electron chi connectivity index (χ1n) is 7.23. The van der Waals surface area contributed by atoms with Crippen LogP contribution in [0.3, 0.4) is 0 Å². The number of thioether (sulfide) groups is 1. The summed E-state index contributed by atoms with van der Waals surface area (Å²) in [5, 5.41) is 26.6. The number of aliphatic hydroxyl groups excluding tert-OH is 1. The Morgan fingerprint density at radius 3 is 2.67 bits per heavy atom. The number of aromatic nitrogens is 3. The minimum Gasteiger partial charge on any atom is -0.481 e. The van der Waals surface area contributed by atoms with Crippen LogP contribution in [0.1, 0.15) is 32.0 Å². The maximum atomic E-state index is 10.7. The Bertz CT molecular complexity index is 474. The number of likely N-dealkylation sites (tertiary alicyclic amines) is 1. The molecule has 0 amide bonds. The van der Waals surface area contributed by atoms with E-state index >= 15 is 0 Å². The predicted octanol–water partition coefficient (Wildman–Crippen LogP) is 0.821. The van der Waals surface area contributed by atoms with Gasteiger partial charge in [0.2, 0.25) is 0 Å². The van der Waals surface area contributed by atoms with Gasteiger partial charge in [0.05, 0.1) is 5.75 Å². The third-order valence-corrected chi connectivity index (χ3v) is 4.67. The van der Waals surface area contributed by atoms with Crippen LogP contribution in [-0.4, -0.2) is 60.7 Å². The molecule has 0 bridgehead atoms. The molecule has 0 radical (unpaired) electrons. The fraction of sp³-hybridized carbons (Fsp3) is 0.769. The fourth-order valence-electron chi connectivity index (χ4n) is 2.59. The molecule has 2 heterocycles. The van der Waals surface area contributed by atoms with E-state index in [-0.39, 0.29) is 12.4 Å². The maximum absolute atomic E-state index is 10.7. The smallest absolute Gasteiger partial charge is 0.313 e. The van der Waals surface area contributed by atoms with Gasteiger partial charge in [0.25, 0.3) is 0 Å². The molecule has 118 valence electrons. The van der Waals surface area contributed by atoms with Crippen molar-refractivity contribution in [2.75, 3.05) is 18.8 Å². The summed E-state index contributed by atoms with van der Waals surface area (Å²) < 4.78 is 1.84. The van der Waals surface area contributed by atoms with Crippen LogP contribution in [0.25, 0.3) is 0 Å². The van der Waals surface area contributed by atoms with Crippen LogP contribution < -0.4 is 0 Å². The second kappa shape index (κ2) is 7.77. The molecule has 0 aromatic carbocycles. The molecule has 0 spiro atoms. The Hall–Kier alpha value is -1.12. The lowest BCUT2D eigenvalue weighted by atomic mass is 10.1. The molecule has 8 heteroatoms. The Balaban J connectivity index is 2.05. The SMILES string of the molecule is CC(Cn1c(CO)nnc1SCC(=O)O)N1CCCCC1. The first kappa shape index (κ1) is 16.3. The third kappa shape index (κ3) is 4.42. The summed E-state index contributed by atoms with van der Waals surface area (Å²) in [6.45, 7) is 4.82. The third-order valence-electron chi connectivity index (χ3n) is 3.72. The van der Waals surface area contributed by atoms with Crippen LogP contribution in [0.2, 0.25) is 0 Å². The summed E-state index contributed by atoms with van der Waals surface area (Å²) in [6.07, 6.45) is 3.73. The molecule has 21 heavy (non-hydrogen) atoms. The monoisotopic (exact) mass is 314 g/mol. The molecule has 1 fully saturated rings. The first-order valence-corrected chi connectivity index (χ1v) is 8.22. The van der Waals surface area contributed by atoms with Crippen molar-refractivity contribution in [2.45, 2.75) is 50.5 Å². The van der Waals surface area contributed by atoms with Gasteiger partial charge in [0.1, 0.15) is 6.61 Å². The minimum atomic E-state index is -0.885. The first-order chi connectivity index (χ1) is 10.1. The number of carboxylic acid groups (broad SMARTS) is 1. The number of rotatable bonds is 7. The lowest BCUT2D eigenvalue weighted by Crippen LogP contribution is -2.40. The number of hydrogen-bond acceptors (Lipinski definition) is 6. The van der Waals surface area contributed by atoms with Gasteiger partial charge in [-0.15, -0.1) is 10.2 Å². The summed E-state index contributed by atoms with van der Waals surface area (Å²) in [4.78, 5) is 13.1. The van der Waals surface area contributed by atoms with Crippen molar-refractivity contribution in [1.29, 1.82) is 0 Å². The van der Waals surface area contributed by atoms with Gasteiger partial charge < -0.3 is 14.8 Å². The van der Waals surface area contributed by atoms with Gasteiger partial charge in [-0.1, -0.05) is 18.2 Å². The molecule has 1 unspecified atom stereocenters. The van der Waals surface area contributed by atoms with Crippen molar-refractivity contribution in [1.82, 2.24) is 19.7 Å². The highest BCUT2D eigenvalue weighted by Gasteiger charge is 2.20. The van der Waals surface area contributed by atoms with Crippen LogP contribution in [0.15, 0.2) is 5.16 Å². The van der Waals surface area contributed by atoms with E-state index in [4.69, 9.17) is 5.11 Å². The Kier molecular flexibility index (Phi) is 6.01. The second-order valence-corrected chi connectivity index (χ2v) is 6.24. The Morgan fingerprint density at radius 1 is 1.33 bits per heavy atom. The average Bonchev–Trinajstić information content (AvgIpc) is 2.88. The molecule has 1 aliphatic rings. The molecular weight excluding hydrogens is 292 g/mol. The summed E-state index contributed by atoms with van der Waals surface area (Å²) >= 11 is 1.14. The summed E-state index contributed by atoms with van der Waals surface area (Å²) in [6, 6.07) is 0.316. The highest BCUT2D eigenvalue weighted by Crippen LogP contribution is 2.20. The Labute approximate surface area is 128 Å². The highest BCUT2D eigenvalue weighted by atomic mass is 32.2. The minimum absolute atomic E-state index is 0.0539. The summed E-state index contributed by atoms with van der Waals surface area (Å²) in [5.41, 5.74) is 0. The van der Waals surface area contributed by atoms with Crippen LogP contribution >= 0.6 is 11.8 Å². The predicted molar refractivity (Wildman–Crippen MR) is 79.2 cm³/mol. The normalized spacial score (nSPS) is 17.8. The van der Waals surface area contributed by atoms with Gasteiger partial charge >= 0.3 is 5.97 Å². The van der Waals surface area contributed by atoms with E-state index in [0.717, 1.165) is 24.9 Å². The molecule has 1 aliphatic heterocycles. The zero-order valence-electron chi connectivity index (χ0n) is 12.2. The van der Waals surface area contributed by atoms with Crippen molar-refractivity contribution in [2.24, 2.45) is 0 Å². The fourth-order valence-corrected chi connectivity index (χ4v) is 3.28. The molecule has 0 aliphatic carbocycles. The number of hydrogen-bond donors (Lipinski definition) is 2. The quantitative estimate of drug-likeness (QED) is 0.720. The number of carboxylic acids is 1. The van der Waals surface area contributed by atoms with Gasteiger partial charge in [-0.3, -0.25) is 9.69 Å². The summed E-state index contributed by atoms with van der Waals surface area (Å²) in [5.74, 6) is -0.447. The van der Waals surface area contributed by atoms with Gasteiger partial charge in [-0.25, -0.2) is 0 Å². The average molecular weight is 314 g/mol. The van der Waals surface area contributed by atoms with Crippen LogP contribution in [0.4, 0.5) is 0 Å². The molecule has 0 saturated carbocycles. The van der Waals surface area contributed by atoms with Crippen LogP contribution in [0, 0.1) is 0 Å². The molecule has 1 atom stereocenters. The number of carbonyl (C=O) groups is 1. The van der Waals surface area contributed by atoms with Crippen LogP contribution in [0.5, 0.6) is 0 Å². The van der Waals surface area contributed by atoms with Gasteiger partial charge in [0.15, 0.2) is 11.0 Å². The van der Waals surface area contributed by atoms with Crippen molar-refractivity contribution in [3.8, 4) is 0 Å². The number of aliphatic hydroxyl groups is 1. The van der Waals surface area contributed by atoms with E-state index in [1.54, 1.807) is 0 Å². The van der Waals surface area contributed by atoms with E-state index in [0.29, 0.717) is 23.6 Å². The number of aliphatic carboxylic acids is 1. The van der Waals surface area contributed by atoms with E-state index in [9.17, 15) is 9.90 Å². The molecule has 1 aromatic heterocycles. The molecule has 7 nitrogen and oxygen atoms in total. The van der Waals surface area contributed by atoms with E-state index in [1.807, 2.05) is 4.57 Å². The molecule has 1 saturated heterocycles. The second-order valence-electron chi connectivity index (χ2n) is 5.30. The van der Waals surface area contributed by atoms with Crippen molar-refractivity contribution < 1.29 is 15.0 Å². The van der Waals surface area contributed by atoms with Gasteiger partial charge in [-0.05, 0) is 32.9 Å². The zero-order chi connectivity index (χ0) is 15.2. The molecule has 1 aromatic rings. The lowest BCUT2D eigenvalue weighted by Gasteiger charge is -2.32. The standard InChI is InChI=1S/C13H22N4O3S/c1-10(16-5-3-2-4-6-16)7-17-11(8-18)14-15-13(17)21-9-12(19)20/h10,18H,2-9H2,1H3,(H,19,20). The number of nitrogens with zero attached hydrogens (tertiary/aromatic N) is 4. The van der Waals surface area contributed by atoms with E-state index in [1.165, 1.54) is 19.3 Å². The Morgan fingerprint density at radius 2 is 2.05 bits per heavy atom. The van der Waals surface area contributed by atoms with Crippen molar-refractivity contribution in [3.05, 3.63) is 5.82 Å². The maximum Gasteiger partial charge on any atom is 0.313 e.